The number of carbonyl (C=O) groups excluding carboxylic acids is 1. The van der Waals surface area contributed by atoms with Crippen LogP contribution in [0.4, 0.5) is 10.5 Å². The lowest BCUT2D eigenvalue weighted by Gasteiger charge is -2.12. The van der Waals surface area contributed by atoms with Gasteiger partial charge in [0.1, 0.15) is 0 Å². The summed E-state index contributed by atoms with van der Waals surface area (Å²) < 4.78 is 39.3. The number of anilines is 1. The molecule has 3 aromatic carbocycles. The number of nitrogens with zero attached hydrogens (tertiary/aromatic N) is 1. The quantitative estimate of drug-likeness (QED) is 0.345. The molecule has 1 aromatic heterocycles. The van der Waals surface area contributed by atoms with E-state index in [9.17, 15) is 13.2 Å². The zero-order chi connectivity index (χ0) is 25.7. The predicted molar refractivity (Wildman–Crippen MR) is 141 cm³/mol. The van der Waals surface area contributed by atoms with Crippen LogP contribution in [0.15, 0.2) is 77.7 Å². The molecule has 0 unspecified atom stereocenters. The highest BCUT2D eigenvalue weighted by Gasteiger charge is 2.25. The standard InChI is InChI=1S/C27H29N3O5S/c1-19-26(22-11-7-8-12-23(22)30(19)18-20-9-5-4-6-10-20)36(32,33)16-15-28-27(31)29-21-13-14-24(34-2)25(17-21)35-3/h4-14,17H,15-16,18H2,1-3H3,(H2,28,29,31). The summed E-state index contributed by atoms with van der Waals surface area (Å²) in [5.74, 6) is 0.781. The van der Waals surface area contributed by atoms with Gasteiger partial charge in [0.25, 0.3) is 0 Å². The third-order valence-electron chi connectivity index (χ3n) is 5.97. The van der Waals surface area contributed by atoms with Crippen molar-refractivity contribution in [2.24, 2.45) is 0 Å². The number of aromatic nitrogens is 1. The Morgan fingerprint density at radius 2 is 1.61 bits per heavy atom. The number of hydrogen-bond donors (Lipinski definition) is 2. The number of rotatable bonds is 9. The van der Waals surface area contributed by atoms with Crippen LogP contribution >= 0.6 is 0 Å². The molecule has 2 amide bonds. The van der Waals surface area contributed by atoms with Gasteiger partial charge >= 0.3 is 6.03 Å². The molecule has 0 saturated heterocycles. The fourth-order valence-electron chi connectivity index (χ4n) is 4.25. The fraction of sp³-hybridized carbons (Fsp3) is 0.222. The van der Waals surface area contributed by atoms with Gasteiger partial charge < -0.3 is 24.7 Å². The lowest BCUT2D eigenvalue weighted by Crippen LogP contribution is -2.33. The molecule has 4 aromatic rings. The van der Waals surface area contributed by atoms with Crippen molar-refractivity contribution in [3.8, 4) is 11.5 Å². The lowest BCUT2D eigenvalue weighted by atomic mass is 10.2. The van der Waals surface area contributed by atoms with Gasteiger partial charge in [0.2, 0.25) is 0 Å². The topological polar surface area (TPSA) is 98.7 Å². The Morgan fingerprint density at radius 1 is 0.917 bits per heavy atom. The maximum Gasteiger partial charge on any atom is 0.319 e. The average Bonchev–Trinajstić information content (AvgIpc) is 3.16. The highest BCUT2D eigenvalue weighted by molar-refractivity contribution is 7.91. The Morgan fingerprint density at radius 3 is 2.33 bits per heavy atom. The van der Waals surface area contributed by atoms with Crippen molar-refractivity contribution in [3.63, 3.8) is 0 Å². The summed E-state index contributed by atoms with van der Waals surface area (Å²) in [7, 11) is -0.645. The van der Waals surface area contributed by atoms with Crippen LogP contribution in [0, 0.1) is 6.92 Å². The minimum Gasteiger partial charge on any atom is -0.493 e. The smallest absolute Gasteiger partial charge is 0.319 e. The van der Waals surface area contributed by atoms with Crippen LogP contribution in [0.5, 0.6) is 11.5 Å². The Balaban J connectivity index is 1.48. The van der Waals surface area contributed by atoms with Gasteiger partial charge in [0.05, 0.1) is 24.9 Å². The molecule has 36 heavy (non-hydrogen) atoms. The number of hydrogen-bond acceptors (Lipinski definition) is 5. The third-order valence-corrected chi connectivity index (χ3v) is 7.84. The van der Waals surface area contributed by atoms with E-state index in [0.717, 1.165) is 11.1 Å². The van der Waals surface area contributed by atoms with Crippen LogP contribution in [-0.2, 0) is 16.4 Å². The van der Waals surface area contributed by atoms with E-state index in [1.807, 2.05) is 66.1 Å². The fourth-order valence-corrected chi connectivity index (χ4v) is 5.89. The molecule has 9 heteroatoms. The summed E-state index contributed by atoms with van der Waals surface area (Å²) in [4.78, 5) is 12.7. The first-order valence-corrected chi connectivity index (χ1v) is 13.1. The molecular formula is C27H29N3O5S. The maximum atomic E-state index is 13.4. The number of benzene rings is 3. The summed E-state index contributed by atoms with van der Waals surface area (Å²) in [5, 5.41) is 5.99. The molecule has 0 bridgehead atoms. The van der Waals surface area contributed by atoms with Gasteiger partial charge in [-0.1, -0.05) is 48.5 Å². The van der Waals surface area contributed by atoms with Gasteiger partial charge in [0, 0.05) is 41.4 Å². The number of para-hydroxylation sites is 1. The number of nitrogens with one attached hydrogen (secondary N) is 2. The molecule has 0 aliphatic rings. The van der Waals surface area contributed by atoms with Crippen molar-refractivity contribution >= 4 is 32.5 Å². The minimum atomic E-state index is -3.68. The molecule has 1 heterocycles. The van der Waals surface area contributed by atoms with Crippen LogP contribution < -0.4 is 20.1 Å². The largest absolute Gasteiger partial charge is 0.493 e. The maximum absolute atomic E-state index is 13.4. The summed E-state index contributed by atoms with van der Waals surface area (Å²) in [5.41, 5.74) is 3.11. The Labute approximate surface area is 210 Å². The molecule has 0 aliphatic carbocycles. The summed E-state index contributed by atoms with van der Waals surface area (Å²) in [6.07, 6.45) is 0. The predicted octanol–water partition coefficient (Wildman–Crippen LogP) is 4.61. The van der Waals surface area contributed by atoms with Crippen molar-refractivity contribution in [1.29, 1.82) is 0 Å². The van der Waals surface area contributed by atoms with Crippen LogP contribution in [0.1, 0.15) is 11.3 Å². The Kier molecular flexibility index (Phi) is 7.49. The summed E-state index contributed by atoms with van der Waals surface area (Å²) in [6, 6.07) is 21.9. The van der Waals surface area contributed by atoms with Crippen LogP contribution in [0.3, 0.4) is 0 Å². The lowest BCUT2D eigenvalue weighted by molar-refractivity contribution is 0.252. The van der Waals surface area contributed by atoms with Crippen LogP contribution in [0.2, 0.25) is 0 Å². The van der Waals surface area contributed by atoms with Gasteiger partial charge in [-0.25, -0.2) is 13.2 Å². The number of methoxy groups -OCH3 is 2. The molecule has 2 N–H and O–H groups in total. The van der Waals surface area contributed by atoms with Crippen LogP contribution in [0.25, 0.3) is 10.9 Å². The van der Waals surface area contributed by atoms with E-state index in [0.29, 0.717) is 39.7 Å². The van der Waals surface area contributed by atoms with E-state index >= 15 is 0 Å². The van der Waals surface area contributed by atoms with E-state index in [4.69, 9.17) is 9.47 Å². The van der Waals surface area contributed by atoms with Gasteiger partial charge in [-0.15, -0.1) is 0 Å². The normalized spacial score (nSPS) is 11.3. The molecular weight excluding hydrogens is 478 g/mol. The highest BCUT2D eigenvalue weighted by atomic mass is 32.2. The van der Waals surface area contributed by atoms with Gasteiger partial charge in [-0.3, -0.25) is 0 Å². The molecule has 8 nitrogen and oxygen atoms in total. The molecule has 188 valence electrons. The van der Waals surface area contributed by atoms with Gasteiger partial charge in [-0.05, 0) is 30.7 Å². The Bertz CT molecular complexity index is 1480. The first-order chi connectivity index (χ1) is 17.3. The average molecular weight is 508 g/mol. The van der Waals surface area contributed by atoms with Crippen molar-refractivity contribution < 1.29 is 22.7 Å². The second kappa shape index (κ2) is 10.7. The second-order valence-electron chi connectivity index (χ2n) is 8.27. The van der Waals surface area contributed by atoms with E-state index in [2.05, 4.69) is 10.6 Å². The molecule has 0 fully saturated rings. The highest BCUT2D eigenvalue weighted by Crippen LogP contribution is 2.32. The number of urea groups is 1. The summed E-state index contributed by atoms with van der Waals surface area (Å²) >= 11 is 0. The van der Waals surface area contributed by atoms with E-state index in [1.165, 1.54) is 14.2 Å². The number of amides is 2. The molecule has 4 rings (SSSR count). The van der Waals surface area contributed by atoms with Crippen molar-refractivity contribution in [2.45, 2.75) is 18.4 Å². The molecule has 0 aliphatic heterocycles. The van der Waals surface area contributed by atoms with E-state index < -0.39 is 15.9 Å². The van der Waals surface area contributed by atoms with Crippen molar-refractivity contribution in [2.75, 3.05) is 31.8 Å². The van der Waals surface area contributed by atoms with Gasteiger partial charge in [0.15, 0.2) is 21.3 Å². The Hall–Kier alpha value is -3.98. The zero-order valence-corrected chi connectivity index (χ0v) is 21.3. The first-order valence-electron chi connectivity index (χ1n) is 11.5. The van der Waals surface area contributed by atoms with Gasteiger partial charge in [-0.2, -0.15) is 0 Å². The van der Waals surface area contributed by atoms with E-state index in [-0.39, 0.29) is 12.3 Å². The first kappa shape index (κ1) is 25.1. The zero-order valence-electron chi connectivity index (χ0n) is 20.4. The molecule has 0 atom stereocenters. The summed E-state index contributed by atoms with van der Waals surface area (Å²) in [6.45, 7) is 2.35. The number of fused-ring (bicyclic) bond motifs is 1. The number of ether oxygens (including phenoxy) is 2. The molecule has 0 spiro atoms. The van der Waals surface area contributed by atoms with Crippen LogP contribution in [-0.4, -0.2) is 45.5 Å². The van der Waals surface area contributed by atoms with Crippen molar-refractivity contribution in [3.05, 3.63) is 84.1 Å². The number of sulfone groups is 1. The second-order valence-corrected chi connectivity index (χ2v) is 10.3. The molecule has 0 radical (unpaired) electrons. The van der Waals surface area contributed by atoms with Crippen molar-refractivity contribution in [1.82, 2.24) is 9.88 Å². The monoisotopic (exact) mass is 507 g/mol. The number of carbonyl (C=O) groups is 1. The van der Waals surface area contributed by atoms with E-state index in [1.54, 1.807) is 18.2 Å². The molecule has 0 saturated carbocycles. The SMILES string of the molecule is COc1ccc(NC(=O)NCCS(=O)(=O)c2c(C)n(Cc3ccccc3)c3ccccc23)cc1OC. The minimum absolute atomic E-state index is 0.0426. The third kappa shape index (κ3) is 5.31.